The number of carbonyl (C=O) groups excluding carboxylic acids is 2. The lowest BCUT2D eigenvalue weighted by molar-refractivity contribution is 0.0769. The highest BCUT2D eigenvalue weighted by molar-refractivity contribution is 6.30. The first-order valence-corrected chi connectivity index (χ1v) is 9.72. The van der Waals surface area contributed by atoms with E-state index in [2.05, 4.69) is 10.3 Å². The zero-order chi connectivity index (χ0) is 20.1. The van der Waals surface area contributed by atoms with Gasteiger partial charge in [-0.1, -0.05) is 29.8 Å². The summed E-state index contributed by atoms with van der Waals surface area (Å²) >= 11 is 5.99. The maximum atomic E-state index is 12.8. The van der Waals surface area contributed by atoms with Gasteiger partial charge in [-0.25, -0.2) is 4.98 Å². The van der Waals surface area contributed by atoms with Gasteiger partial charge in [0.15, 0.2) is 5.69 Å². The van der Waals surface area contributed by atoms with Crippen molar-refractivity contribution in [3.8, 4) is 0 Å². The molecule has 2 heterocycles. The van der Waals surface area contributed by atoms with Crippen molar-refractivity contribution in [2.45, 2.75) is 20.3 Å². The summed E-state index contributed by atoms with van der Waals surface area (Å²) in [6.45, 7) is 5.46. The lowest BCUT2D eigenvalue weighted by atomic mass is 10.1. The number of imidazole rings is 1. The Labute approximate surface area is 169 Å². The third kappa shape index (κ3) is 4.17. The molecule has 0 unspecified atom stereocenters. The minimum Gasteiger partial charge on any atom is -0.349 e. The average molecular weight is 399 g/mol. The molecule has 0 aliphatic heterocycles. The van der Waals surface area contributed by atoms with E-state index < -0.39 is 0 Å². The molecule has 0 saturated carbocycles. The highest BCUT2D eigenvalue weighted by Gasteiger charge is 2.23. The van der Waals surface area contributed by atoms with Crippen molar-refractivity contribution in [3.05, 3.63) is 70.8 Å². The molecule has 0 spiro atoms. The molecule has 0 saturated heterocycles. The normalized spacial score (nSPS) is 10.8. The van der Waals surface area contributed by atoms with Gasteiger partial charge in [0, 0.05) is 30.9 Å². The summed E-state index contributed by atoms with van der Waals surface area (Å²) < 4.78 is 1.66. The van der Waals surface area contributed by atoms with Crippen LogP contribution in [0.25, 0.3) is 5.52 Å². The number of amides is 2. The van der Waals surface area contributed by atoms with Gasteiger partial charge in [-0.15, -0.1) is 0 Å². The summed E-state index contributed by atoms with van der Waals surface area (Å²) in [7, 11) is 0. The van der Waals surface area contributed by atoms with Crippen LogP contribution in [0.3, 0.4) is 0 Å². The van der Waals surface area contributed by atoms with Crippen LogP contribution in [-0.2, 0) is 6.42 Å². The number of hydrogen-bond donors (Lipinski definition) is 1. The molecule has 0 fully saturated rings. The molecular formula is C21H23ClN4O2. The van der Waals surface area contributed by atoms with Gasteiger partial charge >= 0.3 is 0 Å². The minimum absolute atomic E-state index is 0.174. The van der Waals surface area contributed by atoms with E-state index in [9.17, 15) is 9.59 Å². The van der Waals surface area contributed by atoms with Gasteiger partial charge in [0.25, 0.3) is 11.8 Å². The molecule has 0 atom stereocenters. The fraction of sp³-hybridized carbons (Fsp3) is 0.286. The Hall–Kier alpha value is -2.86. The lowest BCUT2D eigenvalue weighted by Gasteiger charge is -2.17. The van der Waals surface area contributed by atoms with Crippen molar-refractivity contribution in [2.75, 3.05) is 19.6 Å². The zero-order valence-corrected chi connectivity index (χ0v) is 16.7. The highest BCUT2D eigenvalue weighted by atomic mass is 35.5. The number of rotatable bonds is 7. The summed E-state index contributed by atoms with van der Waals surface area (Å²) in [4.78, 5) is 31.6. The first kappa shape index (κ1) is 19.9. The van der Waals surface area contributed by atoms with Crippen molar-refractivity contribution < 1.29 is 9.59 Å². The monoisotopic (exact) mass is 398 g/mol. The summed E-state index contributed by atoms with van der Waals surface area (Å²) in [5, 5.41) is 3.55. The lowest BCUT2D eigenvalue weighted by Crippen LogP contribution is -2.31. The number of halogens is 1. The van der Waals surface area contributed by atoms with Gasteiger partial charge in [-0.3, -0.25) is 14.0 Å². The van der Waals surface area contributed by atoms with E-state index in [4.69, 9.17) is 11.6 Å². The highest BCUT2D eigenvalue weighted by Crippen LogP contribution is 2.16. The summed E-state index contributed by atoms with van der Waals surface area (Å²) in [6, 6.07) is 13.0. The fourth-order valence-electron chi connectivity index (χ4n) is 3.11. The van der Waals surface area contributed by atoms with Crippen molar-refractivity contribution in [1.82, 2.24) is 19.6 Å². The Morgan fingerprint density at radius 2 is 1.93 bits per heavy atom. The number of nitrogens with one attached hydrogen (secondary N) is 1. The molecule has 2 amide bonds. The maximum Gasteiger partial charge on any atom is 0.287 e. The van der Waals surface area contributed by atoms with Crippen LogP contribution < -0.4 is 5.32 Å². The number of fused-ring (bicyclic) bond motifs is 1. The standard InChI is InChI=1S/C21H23ClN4O2/c1-3-25(4-2)21(28)18-17-10-5-6-13-26(17)19(24-18)20(27)23-12-11-15-8-7-9-16(22)14-15/h5-10,13-14H,3-4,11-12H2,1-2H3,(H,23,27). The Morgan fingerprint density at radius 3 is 2.64 bits per heavy atom. The summed E-state index contributed by atoms with van der Waals surface area (Å²) in [5.41, 5.74) is 1.96. The van der Waals surface area contributed by atoms with Crippen molar-refractivity contribution in [2.24, 2.45) is 0 Å². The Bertz CT molecular complexity index is 995. The van der Waals surface area contributed by atoms with E-state index in [0.717, 1.165) is 5.56 Å². The van der Waals surface area contributed by atoms with E-state index in [1.807, 2.05) is 50.2 Å². The molecule has 3 rings (SSSR count). The van der Waals surface area contributed by atoms with Crippen molar-refractivity contribution >= 4 is 28.9 Å². The van der Waals surface area contributed by atoms with Gasteiger partial charge in [0.1, 0.15) is 0 Å². The number of aromatic nitrogens is 2. The first-order valence-electron chi connectivity index (χ1n) is 9.34. The van der Waals surface area contributed by atoms with Crippen LogP contribution in [0.2, 0.25) is 5.02 Å². The molecule has 6 nitrogen and oxygen atoms in total. The molecule has 3 aromatic rings. The fourth-order valence-corrected chi connectivity index (χ4v) is 3.32. The molecule has 0 bridgehead atoms. The smallest absolute Gasteiger partial charge is 0.287 e. The third-order valence-electron chi connectivity index (χ3n) is 4.59. The predicted octanol–water partition coefficient (Wildman–Crippen LogP) is 3.44. The second kappa shape index (κ2) is 8.89. The van der Waals surface area contributed by atoms with Crippen LogP contribution in [0.1, 0.15) is 40.5 Å². The van der Waals surface area contributed by atoms with Gasteiger partial charge in [0.05, 0.1) is 5.52 Å². The molecule has 0 aliphatic rings. The van der Waals surface area contributed by atoms with Crippen LogP contribution in [-0.4, -0.2) is 45.7 Å². The molecule has 1 N–H and O–H groups in total. The molecule has 2 aromatic heterocycles. The van der Waals surface area contributed by atoms with Gasteiger partial charge in [-0.2, -0.15) is 0 Å². The van der Waals surface area contributed by atoms with E-state index in [1.54, 1.807) is 21.6 Å². The number of nitrogens with zero attached hydrogens (tertiary/aromatic N) is 3. The van der Waals surface area contributed by atoms with Crippen LogP contribution in [0, 0.1) is 0 Å². The number of carbonyl (C=O) groups is 2. The molecule has 146 valence electrons. The van der Waals surface area contributed by atoms with E-state index >= 15 is 0 Å². The van der Waals surface area contributed by atoms with Crippen molar-refractivity contribution in [1.29, 1.82) is 0 Å². The van der Waals surface area contributed by atoms with Crippen LogP contribution >= 0.6 is 11.6 Å². The molecule has 0 radical (unpaired) electrons. The second-order valence-corrected chi connectivity index (χ2v) is 6.79. The van der Waals surface area contributed by atoms with E-state index in [-0.39, 0.29) is 17.6 Å². The molecule has 28 heavy (non-hydrogen) atoms. The van der Waals surface area contributed by atoms with Gasteiger partial charge in [-0.05, 0) is 50.1 Å². The second-order valence-electron chi connectivity index (χ2n) is 6.35. The number of benzene rings is 1. The van der Waals surface area contributed by atoms with E-state index in [1.165, 1.54) is 0 Å². The topological polar surface area (TPSA) is 66.7 Å². The molecular weight excluding hydrogens is 376 g/mol. The molecule has 1 aromatic carbocycles. The number of hydrogen-bond acceptors (Lipinski definition) is 3. The largest absolute Gasteiger partial charge is 0.349 e. The predicted molar refractivity (Wildman–Crippen MR) is 110 cm³/mol. The molecule has 7 heteroatoms. The van der Waals surface area contributed by atoms with Crippen molar-refractivity contribution in [3.63, 3.8) is 0 Å². The van der Waals surface area contributed by atoms with Crippen LogP contribution in [0.15, 0.2) is 48.7 Å². The summed E-state index contributed by atoms with van der Waals surface area (Å²) in [5.74, 6) is -0.286. The minimum atomic E-state index is -0.318. The Morgan fingerprint density at radius 1 is 1.14 bits per heavy atom. The average Bonchev–Trinajstić information content (AvgIpc) is 3.08. The Kier molecular flexibility index (Phi) is 6.31. The van der Waals surface area contributed by atoms with E-state index in [0.29, 0.717) is 42.3 Å². The zero-order valence-electron chi connectivity index (χ0n) is 16.0. The Balaban J connectivity index is 1.80. The molecule has 0 aliphatic carbocycles. The quantitative estimate of drug-likeness (QED) is 0.662. The first-order chi connectivity index (χ1) is 13.5. The van der Waals surface area contributed by atoms with Gasteiger partial charge in [0.2, 0.25) is 5.82 Å². The summed E-state index contributed by atoms with van der Waals surface area (Å²) in [6.07, 6.45) is 2.40. The van der Waals surface area contributed by atoms with Crippen LogP contribution in [0.4, 0.5) is 0 Å². The van der Waals surface area contributed by atoms with Gasteiger partial charge < -0.3 is 10.2 Å². The third-order valence-corrected chi connectivity index (χ3v) is 4.83. The number of pyridine rings is 1. The van der Waals surface area contributed by atoms with Crippen LogP contribution in [0.5, 0.6) is 0 Å². The maximum absolute atomic E-state index is 12.8. The SMILES string of the molecule is CCN(CC)C(=O)c1nc(C(=O)NCCc2cccc(Cl)c2)n2ccccc12.